The SMILES string of the molecule is O=C(Nc1ccncn1)N1c2nc(N3CCCNCC3)ccc2N2CCCC1C2. The second-order valence-electron chi connectivity index (χ2n) is 7.74. The second kappa shape index (κ2) is 7.82. The summed E-state index contributed by atoms with van der Waals surface area (Å²) >= 11 is 0. The van der Waals surface area contributed by atoms with E-state index in [1.165, 1.54) is 6.33 Å². The van der Waals surface area contributed by atoms with E-state index in [1.54, 1.807) is 12.3 Å². The number of pyridine rings is 1. The largest absolute Gasteiger partial charge is 0.366 e. The number of anilines is 4. The standard InChI is InChI=1S/C20H26N8O/c29-20(24-17-6-8-22-14-23-17)28-15-3-1-10-27(13-15)16-4-5-18(25-19(16)28)26-11-2-7-21-9-12-26/h4-6,8,14-15,21H,1-3,7,9-13H2,(H,22,23,24,29). The highest BCUT2D eigenvalue weighted by Crippen LogP contribution is 2.39. The summed E-state index contributed by atoms with van der Waals surface area (Å²) in [6, 6.07) is 5.86. The highest BCUT2D eigenvalue weighted by molar-refractivity contribution is 6.04. The minimum absolute atomic E-state index is 0.117. The Balaban J connectivity index is 1.49. The first-order valence-electron chi connectivity index (χ1n) is 10.4. The Morgan fingerprint density at radius 3 is 2.93 bits per heavy atom. The van der Waals surface area contributed by atoms with Crippen LogP contribution in [-0.4, -0.2) is 66.3 Å². The minimum Gasteiger partial charge on any atom is -0.366 e. The maximum Gasteiger partial charge on any atom is 0.329 e. The molecular weight excluding hydrogens is 368 g/mol. The number of aromatic nitrogens is 3. The zero-order valence-electron chi connectivity index (χ0n) is 16.4. The first kappa shape index (κ1) is 18.1. The molecule has 1 unspecified atom stereocenters. The number of carbonyl (C=O) groups is 1. The van der Waals surface area contributed by atoms with Gasteiger partial charge in [0.1, 0.15) is 18.0 Å². The van der Waals surface area contributed by atoms with Crippen molar-refractivity contribution in [3.8, 4) is 0 Å². The zero-order chi connectivity index (χ0) is 19.6. The van der Waals surface area contributed by atoms with Gasteiger partial charge in [0.15, 0.2) is 5.82 Å². The number of urea groups is 1. The van der Waals surface area contributed by atoms with E-state index in [0.29, 0.717) is 5.82 Å². The van der Waals surface area contributed by atoms with Crippen LogP contribution in [0.3, 0.4) is 0 Å². The van der Waals surface area contributed by atoms with Gasteiger partial charge in [-0.1, -0.05) is 0 Å². The summed E-state index contributed by atoms with van der Waals surface area (Å²) in [5, 5.41) is 6.35. The van der Waals surface area contributed by atoms with Crippen LogP contribution in [0.2, 0.25) is 0 Å². The molecule has 1 atom stereocenters. The Labute approximate surface area is 170 Å². The molecule has 5 rings (SSSR count). The molecule has 29 heavy (non-hydrogen) atoms. The lowest BCUT2D eigenvalue weighted by atomic mass is 10.00. The first-order valence-corrected chi connectivity index (χ1v) is 10.4. The van der Waals surface area contributed by atoms with Crippen LogP contribution in [0.25, 0.3) is 0 Å². The number of amides is 2. The van der Waals surface area contributed by atoms with Gasteiger partial charge in [0.25, 0.3) is 0 Å². The fourth-order valence-corrected chi connectivity index (χ4v) is 4.46. The van der Waals surface area contributed by atoms with Crippen molar-refractivity contribution in [1.82, 2.24) is 20.3 Å². The number of piperidine rings is 1. The van der Waals surface area contributed by atoms with Crippen molar-refractivity contribution in [3.05, 3.63) is 30.7 Å². The van der Waals surface area contributed by atoms with Crippen molar-refractivity contribution in [3.63, 3.8) is 0 Å². The number of hydrogen-bond donors (Lipinski definition) is 2. The van der Waals surface area contributed by atoms with Gasteiger partial charge in [0.05, 0.1) is 11.7 Å². The van der Waals surface area contributed by atoms with E-state index in [2.05, 4.69) is 42.5 Å². The summed E-state index contributed by atoms with van der Waals surface area (Å²) in [5.74, 6) is 2.19. The van der Waals surface area contributed by atoms with Gasteiger partial charge in [-0.05, 0) is 44.0 Å². The predicted molar refractivity (Wildman–Crippen MR) is 113 cm³/mol. The number of rotatable bonds is 2. The van der Waals surface area contributed by atoms with Crippen molar-refractivity contribution in [2.24, 2.45) is 0 Å². The normalized spacial score (nSPS) is 21.4. The lowest BCUT2D eigenvalue weighted by Crippen LogP contribution is -2.56. The summed E-state index contributed by atoms with van der Waals surface area (Å²) in [6.07, 6.45) is 6.20. The third kappa shape index (κ3) is 3.57. The molecule has 2 aromatic heterocycles. The van der Waals surface area contributed by atoms with Gasteiger partial charge in [-0.2, -0.15) is 0 Å². The molecule has 2 fully saturated rings. The fourth-order valence-electron chi connectivity index (χ4n) is 4.46. The lowest BCUT2D eigenvalue weighted by molar-refractivity contribution is 0.252. The summed E-state index contributed by atoms with van der Waals surface area (Å²) in [5.41, 5.74) is 1.04. The average Bonchev–Trinajstić information content (AvgIpc) is 3.04. The van der Waals surface area contributed by atoms with Gasteiger partial charge in [0.2, 0.25) is 0 Å². The molecule has 3 aliphatic heterocycles. The van der Waals surface area contributed by atoms with E-state index in [9.17, 15) is 4.79 Å². The number of nitrogens with zero attached hydrogens (tertiary/aromatic N) is 6. The molecule has 0 radical (unpaired) electrons. The maximum absolute atomic E-state index is 13.2. The average molecular weight is 394 g/mol. The third-order valence-corrected chi connectivity index (χ3v) is 5.87. The molecule has 9 heteroatoms. The molecule has 2 saturated heterocycles. The van der Waals surface area contributed by atoms with Crippen molar-refractivity contribution in [2.75, 3.05) is 59.3 Å². The quantitative estimate of drug-likeness (QED) is 0.801. The van der Waals surface area contributed by atoms with Crippen LogP contribution in [0, 0.1) is 0 Å². The van der Waals surface area contributed by atoms with Crippen LogP contribution < -0.4 is 25.3 Å². The third-order valence-electron chi connectivity index (χ3n) is 5.87. The Morgan fingerprint density at radius 1 is 1.10 bits per heavy atom. The number of hydrogen-bond acceptors (Lipinski definition) is 7. The fraction of sp³-hybridized carbons (Fsp3) is 0.500. The van der Waals surface area contributed by atoms with E-state index in [0.717, 1.165) is 75.9 Å². The van der Waals surface area contributed by atoms with Gasteiger partial charge in [-0.25, -0.2) is 19.7 Å². The predicted octanol–water partition coefficient (Wildman–Crippen LogP) is 1.69. The molecule has 9 nitrogen and oxygen atoms in total. The molecule has 0 saturated carbocycles. The van der Waals surface area contributed by atoms with E-state index < -0.39 is 0 Å². The van der Waals surface area contributed by atoms with Gasteiger partial charge in [-0.3, -0.25) is 10.2 Å². The minimum atomic E-state index is -0.182. The van der Waals surface area contributed by atoms with Crippen molar-refractivity contribution >= 4 is 29.2 Å². The molecule has 2 N–H and O–H groups in total. The molecule has 152 valence electrons. The molecule has 0 aliphatic carbocycles. The summed E-state index contributed by atoms with van der Waals surface area (Å²) in [7, 11) is 0. The monoisotopic (exact) mass is 394 g/mol. The number of carbonyl (C=O) groups excluding carboxylic acids is 1. The van der Waals surface area contributed by atoms with Crippen molar-refractivity contribution in [2.45, 2.75) is 25.3 Å². The molecular formula is C20H26N8O. The van der Waals surface area contributed by atoms with E-state index in [-0.39, 0.29) is 12.1 Å². The summed E-state index contributed by atoms with van der Waals surface area (Å²) in [6.45, 7) is 5.74. The Morgan fingerprint density at radius 2 is 2.03 bits per heavy atom. The van der Waals surface area contributed by atoms with Crippen LogP contribution >= 0.6 is 0 Å². The van der Waals surface area contributed by atoms with Gasteiger partial charge < -0.3 is 15.1 Å². The summed E-state index contributed by atoms with van der Waals surface area (Å²) in [4.78, 5) is 32.8. The van der Waals surface area contributed by atoms with E-state index >= 15 is 0 Å². The van der Waals surface area contributed by atoms with Gasteiger partial charge >= 0.3 is 6.03 Å². The highest BCUT2D eigenvalue weighted by atomic mass is 16.2. The Kier molecular flexibility index (Phi) is 4.89. The lowest BCUT2D eigenvalue weighted by Gasteiger charge is -2.46. The number of fused-ring (bicyclic) bond motifs is 4. The van der Waals surface area contributed by atoms with E-state index in [4.69, 9.17) is 4.98 Å². The number of nitrogens with one attached hydrogen (secondary N) is 2. The van der Waals surface area contributed by atoms with Crippen LogP contribution in [0.15, 0.2) is 30.7 Å². The van der Waals surface area contributed by atoms with Crippen LogP contribution in [0.5, 0.6) is 0 Å². The Hall–Kier alpha value is -2.94. The molecule has 0 aromatic carbocycles. The van der Waals surface area contributed by atoms with Crippen LogP contribution in [0.1, 0.15) is 19.3 Å². The molecule has 3 aliphatic rings. The smallest absolute Gasteiger partial charge is 0.329 e. The Bertz CT molecular complexity index is 868. The molecule has 2 aromatic rings. The molecule has 2 bridgehead atoms. The summed E-state index contributed by atoms with van der Waals surface area (Å²) < 4.78 is 0. The maximum atomic E-state index is 13.2. The van der Waals surface area contributed by atoms with Crippen LogP contribution in [0.4, 0.5) is 27.9 Å². The zero-order valence-corrected chi connectivity index (χ0v) is 16.4. The van der Waals surface area contributed by atoms with E-state index in [1.807, 2.05) is 4.90 Å². The first-order chi connectivity index (χ1) is 14.3. The molecule has 5 heterocycles. The van der Waals surface area contributed by atoms with Gasteiger partial charge in [-0.15, -0.1) is 0 Å². The highest BCUT2D eigenvalue weighted by Gasteiger charge is 2.38. The van der Waals surface area contributed by atoms with Crippen molar-refractivity contribution < 1.29 is 4.79 Å². The van der Waals surface area contributed by atoms with Crippen LogP contribution in [-0.2, 0) is 0 Å². The topological polar surface area (TPSA) is 89.5 Å². The van der Waals surface area contributed by atoms with Crippen molar-refractivity contribution in [1.29, 1.82) is 0 Å². The molecule has 2 amide bonds. The second-order valence-corrected chi connectivity index (χ2v) is 7.74. The molecule has 0 spiro atoms. The van der Waals surface area contributed by atoms with Gasteiger partial charge in [0, 0.05) is 38.9 Å².